The summed E-state index contributed by atoms with van der Waals surface area (Å²) in [7, 11) is 0. The summed E-state index contributed by atoms with van der Waals surface area (Å²) >= 11 is 2.15. The van der Waals surface area contributed by atoms with Crippen molar-refractivity contribution >= 4 is 11.8 Å². The van der Waals surface area contributed by atoms with Gasteiger partial charge in [0, 0.05) is 17.8 Å². The summed E-state index contributed by atoms with van der Waals surface area (Å²) in [4.78, 5) is 0. The van der Waals surface area contributed by atoms with Gasteiger partial charge in [-0.05, 0) is 43.3 Å². The van der Waals surface area contributed by atoms with E-state index in [2.05, 4.69) is 30.9 Å². The molecule has 0 aromatic carbocycles. The van der Waals surface area contributed by atoms with Gasteiger partial charge in [-0.3, -0.25) is 0 Å². The van der Waals surface area contributed by atoms with Crippen LogP contribution >= 0.6 is 11.8 Å². The number of hydrogen-bond donors (Lipinski definition) is 1. The minimum Gasteiger partial charge on any atom is -0.312 e. The number of nitrogens with one attached hydrogen (secondary N) is 1. The second kappa shape index (κ2) is 5.77. The molecule has 0 radical (unpaired) electrons. The molecule has 1 nitrogen and oxygen atoms in total. The van der Waals surface area contributed by atoms with Crippen LogP contribution < -0.4 is 5.32 Å². The van der Waals surface area contributed by atoms with Gasteiger partial charge in [-0.2, -0.15) is 11.8 Å². The Morgan fingerprint density at radius 1 is 1.25 bits per heavy atom. The first-order chi connectivity index (χ1) is 7.76. The van der Waals surface area contributed by atoms with Gasteiger partial charge in [0.2, 0.25) is 0 Å². The minimum absolute atomic E-state index is 0.655. The molecule has 2 aliphatic rings. The average Bonchev–Trinajstić information content (AvgIpc) is 2.78. The molecular weight excluding hydrogens is 214 g/mol. The first-order valence-corrected chi connectivity index (χ1v) is 8.16. The maximum Gasteiger partial charge on any atom is 0.0184 e. The highest BCUT2D eigenvalue weighted by atomic mass is 32.2. The molecule has 2 heteroatoms. The molecule has 1 N–H and O–H groups in total. The van der Waals surface area contributed by atoms with Gasteiger partial charge in [0.05, 0.1) is 0 Å². The van der Waals surface area contributed by atoms with E-state index >= 15 is 0 Å². The van der Waals surface area contributed by atoms with Gasteiger partial charge in [0.1, 0.15) is 0 Å². The van der Waals surface area contributed by atoms with Crippen LogP contribution in [-0.2, 0) is 0 Å². The Hall–Kier alpha value is 0.310. The van der Waals surface area contributed by atoms with Crippen molar-refractivity contribution in [3.05, 3.63) is 0 Å². The van der Waals surface area contributed by atoms with E-state index < -0.39 is 0 Å². The van der Waals surface area contributed by atoms with E-state index in [0.29, 0.717) is 5.41 Å². The van der Waals surface area contributed by atoms with Crippen LogP contribution in [-0.4, -0.2) is 23.6 Å². The van der Waals surface area contributed by atoms with Gasteiger partial charge in [0.25, 0.3) is 0 Å². The molecule has 2 unspecified atom stereocenters. The Balaban J connectivity index is 1.80. The fourth-order valence-corrected chi connectivity index (χ4v) is 4.49. The van der Waals surface area contributed by atoms with Crippen molar-refractivity contribution in [2.45, 2.75) is 70.1 Å². The molecule has 1 heterocycles. The Kier molecular flexibility index (Phi) is 4.60. The monoisotopic (exact) mass is 241 g/mol. The van der Waals surface area contributed by atoms with Crippen LogP contribution in [0.2, 0.25) is 0 Å². The van der Waals surface area contributed by atoms with Gasteiger partial charge < -0.3 is 5.32 Å². The highest BCUT2D eigenvalue weighted by Crippen LogP contribution is 2.40. The minimum atomic E-state index is 0.655. The van der Waals surface area contributed by atoms with Crippen LogP contribution in [0.5, 0.6) is 0 Å². The van der Waals surface area contributed by atoms with Crippen LogP contribution in [0.4, 0.5) is 0 Å². The molecule has 0 aromatic rings. The van der Waals surface area contributed by atoms with Gasteiger partial charge >= 0.3 is 0 Å². The summed E-state index contributed by atoms with van der Waals surface area (Å²) in [5.74, 6) is 1.37. The third kappa shape index (κ3) is 2.95. The van der Waals surface area contributed by atoms with Gasteiger partial charge in [-0.25, -0.2) is 0 Å². The zero-order valence-corrected chi connectivity index (χ0v) is 11.7. The highest BCUT2D eigenvalue weighted by molar-refractivity contribution is 7.99. The fourth-order valence-electron chi connectivity index (χ4n) is 3.32. The summed E-state index contributed by atoms with van der Waals surface area (Å²) in [6.07, 6.45) is 10.0. The van der Waals surface area contributed by atoms with Crippen LogP contribution in [0, 0.1) is 5.41 Å². The Morgan fingerprint density at radius 3 is 2.62 bits per heavy atom. The van der Waals surface area contributed by atoms with Gasteiger partial charge in [-0.1, -0.05) is 26.7 Å². The maximum absolute atomic E-state index is 3.88. The zero-order valence-electron chi connectivity index (χ0n) is 10.9. The first-order valence-electron chi connectivity index (χ1n) is 7.11. The third-order valence-corrected chi connectivity index (χ3v) is 6.14. The van der Waals surface area contributed by atoms with Crippen LogP contribution in [0.1, 0.15) is 58.8 Å². The Morgan fingerprint density at radius 2 is 2.00 bits per heavy atom. The summed E-state index contributed by atoms with van der Waals surface area (Å²) in [6, 6.07) is 0.780. The second-order valence-electron chi connectivity index (χ2n) is 5.77. The summed E-state index contributed by atoms with van der Waals surface area (Å²) in [5, 5.41) is 4.71. The lowest BCUT2D eigenvalue weighted by molar-refractivity contribution is 0.251. The van der Waals surface area contributed by atoms with Crippen molar-refractivity contribution in [2.75, 3.05) is 12.3 Å². The molecule has 0 aromatic heterocycles. The molecular formula is C14H27NS. The third-order valence-electron chi connectivity index (χ3n) is 4.76. The molecule has 1 saturated carbocycles. The molecule has 0 bridgehead atoms. The van der Waals surface area contributed by atoms with Crippen LogP contribution in [0.3, 0.4) is 0 Å². The van der Waals surface area contributed by atoms with Gasteiger partial charge in [-0.15, -0.1) is 0 Å². The largest absolute Gasteiger partial charge is 0.312 e. The molecule has 1 aliphatic carbocycles. The molecule has 2 rings (SSSR count). The topological polar surface area (TPSA) is 12.0 Å². The number of rotatable bonds is 4. The van der Waals surface area contributed by atoms with Crippen molar-refractivity contribution in [1.29, 1.82) is 0 Å². The molecule has 16 heavy (non-hydrogen) atoms. The predicted octanol–water partition coefficient (Wildman–Crippen LogP) is 3.83. The maximum atomic E-state index is 3.88. The zero-order chi connectivity index (χ0) is 11.4. The van der Waals surface area contributed by atoms with Crippen molar-refractivity contribution in [2.24, 2.45) is 5.41 Å². The SMILES string of the molecule is CCC1(CNC2CCCSC2C)CCCC1. The Labute approximate surface area is 105 Å². The van der Waals surface area contributed by atoms with E-state index in [1.807, 2.05) is 0 Å². The van der Waals surface area contributed by atoms with Gasteiger partial charge in [0.15, 0.2) is 0 Å². The quantitative estimate of drug-likeness (QED) is 0.803. The molecule has 94 valence electrons. The van der Waals surface area contributed by atoms with Crippen molar-refractivity contribution < 1.29 is 0 Å². The summed E-state index contributed by atoms with van der Waals surface area (Å²) < 4.78 is 0. The summed E-state index contributed by atoms with van der Waals surface area (Å²) in [6.45, 7) is 6.06. The van der Waals surface area contributed by atoms with E-state index in [0.717, 1.165) is 11.3 Å². The Bertz CT molecular complexity index is 211. The lowest BCUT2D eigenvalue weighted by Crippen LogP contribution is -2.44. The molecule has 2 fully saturated rings. The van der Waals surface area contributed by atoms with E-state index in [9.17, 15) is 0 Å². The predicted molar refractivity (Wildman–Crippen MR) is 74.1 cm³/mol. The molecule has 0 amide bonds. The second-order valence-corrected chi connectivity index (χ2v) is 7.25. The van der Waals surface area contributed by atoms with Crippen molar-refractivity contribution in [3.8, 4) is 0 Å². The lowest BCUT2D eigenvalue weighted by atomic mass is 9.83. The lowest BCUT2D eigenvalue weighted by Gasteiger charge is -2.34. The first kappa shape index (κ1) is 12.8. The van der Waals surface area contributed by atoms with E-state index in [-0.39, 0.29) is 0 Å². The fraction of sp³-hybridized carbons (Fsp3) is 1.00. The normalized spacial score (nSPS) is 34.1. The summed E-state index contributed by atoms with van der Waals surface area (Å²) in [5.41, 5.74) is 0.655. The highest BCUT2D eigenvalue weighted by Gasteiger charge is 2.33. The van der Waals surface area contributed by atoms with E-state index in [1.165, 1.54) is 57.2 Å². The smallest absolute Gasteiger partial charge is 0.0184 e. The van der Waals surface area contributed by atoms with Crippen molar-refractivity contribution in [1.82, 2.24) is 5.32 Å². The molecule has 1 saturated heterocycles. The standard InChI is InChI=1S/C14H27NS/c1-3-14(8-4-5-9-14)11-15-13-7-6-10-16-12(13)2/h12-13,15H,3-11H2,1-2H3. The van der Waals surface area contributed by atoms with Crippen LogP contribution in [0.25, 0.3) is 0 Å². The molecule has 0 spiro atoms. The molecule has 2 atom stereocenters. The van der Waals surface area contributed by atoms with E-state index in [1.54, 1.807) is 0 Å². The number of thioether (sulfide) groups is 1. The average molecular weight is 241 g/mol. The molecule has 1 aliphatic heterocycles. The van der Waals surface area contributed by atoms with Crippen LogP contribution in [0.15, 0.2) is 0 Å². The number of hydrogen-bond acceptors (Lipinski definition) is 2. The van der Waals surface area contributed by atoms with Crippen molar-refractivity contribution in [3.63, 3.8) is 0 Å². The van der Waals surface area contributed by atoms with E-state index in [4.69, 9.17) is 0 Å².